The number of hydrogen-bond donors (Lipinski definition) is 2. The van der Waals surface area contributed by atoms with Crippen molar-refractivity contribution in [2.75, 3.05) is 10.6 Å². The lowest BCUT2D eigenvalue weighted by Crippen LogP contribution is -2.20. The van der Waals surface area contributed by atoms with Gasteiger partial charge in [0.15, 0.2) is 0 Å². The van der Waals surface area contributed by atoms with Crippen molar-refractivity contribution in [2.45, 2.75) is 10.4 Å². The Labute approximate surface area is 142 Å². The van der Waals surface area contributed by atoms with E-state index in [0.29, 0.717) is 5.69 Å². The number of nitrogens with one attached hydrogen (secondary N) is 2. The molecule has 1 aromatic heterocycles. The van der Waals surface area contributed by atoms with Crippen molar-refractivity contribution in [1.82, 2.24) is 9.97 Å². The summed E-state index contributed by atoms with van der Waals surface area (Å²) in [6.45, 7) is 0. The topological polar surface area (TPSA) is 66.9 Å². The Morgan fingerprint density at radius 1 is 1.04 bits per heavy atom. The van der Waals surface area contributed by atoms with Crippen LogP contribution in [0.25, 0.3) is 0 Å². The van der Waals surface area contributed by atoms with E-state index in [9.17, 15) is 18.0 Å². The van der Waals surface area contributed by atoms with Gasteiger partial charge in [-0.2, -0.15) is 13.2 Å². The standard InChI is InChI=1S/C12H7Cl2F3N4OS/c13-8-5-9(14)20-10(19-8)21-11(22)18-6-1-3-7(4-2-6)23-12(15,16)17/h1-5H,(H2,18,19,20,21,22). The molecule has 1 aromatic carbocycles. The summed E-state index contributed by atoms with van der Waals surface area (Å²) < 4.78 is 36.6. The van der Waals surface area contributed by atoms with Crippen molar-refractivity contribution in [2.24, 2.45) is 0 Å². The summed E-state index contributed by atoms with van der Waals surface area (Å²) in [6, 6.07) is 5.74. The zero-order chi connectivity index (χ0) is 17.0. The third-order valence-corrected chi connectivity index (χ3v) is 3.36. The third kappa shape index (κ3) is 6.12. The van der Waals surface area contributed by atoms with Crippen LogP contribution in [0.1, 0.15) is 0 Å². The number of amides is 2. The summed E-state index contributed by atoms with van der Waals surface area (Å²) in [4.78, 5) is 19.2. The maximum Gasteiger partial charge on any atom is 0.446 e. The molecule has 1 heterocycles. The predicted molar refractivity (Wildman–Crippen MR) is 83.0 cm³/mol. The van der Waals surface area contributed by atoms with E-state index in [2.05, 4.69) is 20.6 Å². The summed E-state index contributed by atoms with van der Waals surface area (Å²) in [5.74, 6) is -0.107. The van der Waals surface area contributed by atoms with E-state index in [1.54, 1.807) is 0 Å². The smallest absolute Gasteiger partial charge is 0.308 e. The maximum absolute atomic E-state index is 12.2. The molecule has 0 fully saturated rings. The monoisotopic (exact) mass is 382 g/mol. The van der Waals surface area contributed by atoms with Crippen LogP contribution in [-0.4, -0.2) is 21.5 Å². The lowest BCUT2D eigenvalue weighted by molar-refractivity contribution is -0.0328. The van der Waals surface area contributed by atoms with E-state index in [-0.39, 0.29) is 32.9 Å². The normalized spacial score (nSPS) is 11.2. The van der Waals surface area contributed by atoms with Gasteiger partial charge in [-0.1, -0.05) is 23.2 Å². The Hall–Kier alpha value is -1.71. The van der Waals surface area contributed by atoms with E-state index in [1.807, 2.05) is 0 Å². The van der Waals surface area contributed by atoms with Gasteiger partial charge in [-0.25, -0.2) is 14.8 Å². The summed E-state index contributed by atoms with van der Waals surface area (Å²) in [5, 5.41) is 4.81. The molecule has 0 radical (unpaired) electrons. The van der Waals surface area contributed by atoms with Crippen molar-refractivity contribution in [3.8, 4) is 0 Å². The quantitative estimate of drug-likeness (QED) is 0.576. The van der Waals surface area contributed by atoms with E-state index >= 15 is 0 Å². The Bertz CT molecular complexity index is 692. The molecule has 2 aromatic rings. The molecule has 11 heteroatoms. The van der Waals surface area contributed by atoms with Gasteiger partial charge in [-0.15, -0.1) is 0 Å². The van der Waals surface area contributed by atoms with Gasteiger partial charge in [0.1, 0.15) is 10.3 Å². The average molecular weight is 383 g/mol. The number of hydrogen-bond acceptors (Lipinski definition) is 4. The number of urea groups is 1. The fourth-order valence-electron chi connectivity index (χ4n) is 1.45. The fourth-order valence-corrected chi connectivity index (χ4v) is 2.41. The van der Waals surface area contributed by atoms with Gasteiger partial charge in [0.05, 0.1) is 0 Å². The Morgan fingerprint density at radius 2 is 1.61 bits per heavy atom. The van der Waals surface area contributed by atoms with E-state index in [1.165, 1.54) is 30.3 Å². The van der Waals surface area contributed by atoms with Gasteiger partial charge in [-0.05, 0) is 36.0 Å². The summed E-state index contributed by atoms with van der Waals surface area (Å²) in [7, 11) is 0. The number of carbonyl (C=O) groups is 1. The van der Waals surface area contributed by atoms with Gasteiger partial charge in [0.2, 0.25) is 5.95 Å². The van der Waals surface area contributed by atoms with Crippen molar-refractivity contribution < 1.29 is 18.0 Å². The van der Waals surface area contributed by atoms with Gasteiger partial charge < -0.3 is 5.32 Å². The summed E-state index contributed by atoms with van der Waals surface area (Å²) in [5.41, 5.74) is -4.07. The second-order valence-corrected chi connectivity index (χ2v) is 5.90. The highest BCUT2D eigenvalue weighted by Crippen LogP contribution is 2.37. The van der Waals surface area contributed by atoms with Crippen LogP contribution in [0.5, 0.6) is 0 Å². The van der Waals surface area contributed by atoms with Crippen molar-refractivity contribution in [3.05, 3.63) is 40.6 Å². The molecular formula is C12H7Cl2F3N4OS. The first-order valence-corrected chi connectivity index (χ1v) is 7.42. The van der Waals surface area contributed by atoms with Gasteiger partial charge in [0.25, 0.3) is 0 Å². The van der Waals surface area contributed by atoms with Crippen LogP contribution in [0.4, 0.5) is 29.6 Å². The van der Waals surface area contributed by atoms with Crippen molar-refractivity contribution >= 4 is 52.6 Å². The number of aromatic nitrogens is 2. The molecule has 5 nitrogen and oxygen atoms in total. The highest BCUT2D eigenvalue weighted by molar-refractivity contribution is 8.00. The Balaban J connectivity index is 1.97. The Kier molecular flexibility index (Phi) is 5.55. The van der Waals surface area contributed by atoms with Crippen LogP contribution in [0.2, 0.25) is 10.3 Å². The second kappa shape index (κ2) is 7.24. The molecule has 0 unspecified atom stereocenters. The SMILES string of the molecule is O=C(Nc1ccc(SC(F)(F)F)cc1)Nc1nc(Cl)cc(Cl)n1. The molecular weight excluding hydrogens is 376 g/mol. The van der Waals surface area contributed by atoms with Gasteiger partial charge in [-0.3, -0.25) is 5.32 Å². The molecule has 0 saturated carbocycles. The molecule has 0 aliphatic rings. The van der Waals surface area contributed by atoms with Gasteiger partial charge in [0, 0.05) is 16.6 Å². The van der Waals surface area contributed by atoms with E-state index in [4.69, 9.17) is 23.2 Å². The molecule has 0 bridgehead atoms. The second-order valence-electron chi connectivity index (χ2n) is 3.99. The number of nitrogens with zero attached hydrogens (tertiary/aromatic N) is 2. The van der Waals surface area contributed by atoms with Crippen molar-refractivity contribution in [3.63, 3.8) is 0 Å². The lowest BCUT2D eigenvalue weighted by Gasteiger charge is -2.08. The van der Waals surface area contributed by atoms with Crippen LogP contribution in [0.3, 0.4) is 0 Å². The number of carbonyl (C=O) groups excluding carboxylic acids is 1. The molecule has 0 aliphatic heterocycles. The molecule has 0 aliphatic carbocycles. The molecule has 122 valence electrons. The molecule has 0 atom stereocenters. The van der Waals surface area contributed by atoms with Crippen LogP contribution in [-0.2, 0) is 0 Å². The minimum Gasteiger partial charge on any atom is -0.308 e. The summed E-state index contributed by atoms with van der Waals surface area (Å²) in [6.07, 6.45) is 0. The molecule has 23 heavy (non-hydrogen) atoms. The highest BCUT2D eigenvalue weighted by Gasteiger charge is 2.29. The molecule has 2 amide bonds. The number of alkyl halides is 3. The Morgan fingerprint density at radius 3 is 2.13 bits per heavy atom. The maximum atomic E-state index is 12.2. The molecule has 2 rings (SSSR count). The third-order valence-electron chi connectivity index (χ3n) is 2.23. The van der Waals surface area contributed by atoms with Crippen LogP contribution >= 0.6 is 35.0 Å². The van der Waals surface area contributed by atoms with E-state index < -0.39 is 11.5 Å². The first-order valence-electron chi connectivity index (χ1n) is 5.85. The van der Waals surface area contributed by atoms with Crippen LogP contribution in [0.15, 0.2) is 35.2 Å². The molecule has 2 N–H and O–H groups in total. The average Bonchev–Trinajstić information content (AvgIpc) is 2.38. The van der Waals surface area contributed by atoms with Crippen LogP contribution in [0, 0.1) is 0 Å². The molecule has 0 saturated heterocycles. The first kappa shape index (κ1) is 17.6. The van der Waals surface area contributed by atoms with Crippen molar-refractivity contribution in [1.29, 1.82) is 0 Å². The summed E-state index contributed by atoms with van der Waals surface area (Å²) >= 11 is 11.1. The number of rotatable bonds is 3. The largest absolute Gasteiger partial charge is 0.446 e. The zero-order valence-electron chi connectivity index (χ0n) is 11.0. The van der Waals surface area contributed by atoms with E-state index in [0.717, 1.165) is 0 Å². The fraction of sp³-hybridized carbons (Fsp3) is 0.0833. The number of benzene rings is 1. The zero-order valence-corrected chi connectivity index (χ0v) is 13.3. The molecule has 0 spiro atoms. The lowest BCUT2D eigenvalue weighted by atomic mass is 10.3. The predicted octanol–water partition coefficient (Wildman–Crippen LogP) is 5.04. The van der Waals surface area contributed by atoms with Crippen LogP contribution < -0.4 is 10.6 Å². The number of anilines is 2. The minimum atomic E-state index is -4.37. The minimum absolute atomic E-state index is 0.00779. The van der Waals surface area contributed by atoms with Gasteiger partial charge >= 0.3 is 11.5 Å². The number of thioether (sulfide) groups is 1. The first-order chi connectivity index (χ1) is 10.7. The highest BCUT2D eigenvalue weighted by atomic mass is 35.5. The number of halogens is 5.